The summed E-state index contributed by atoms with van der Waals surface area (Å²) >= 11 is 0. The molecule has 0 aromatic heterocycles. The highest BCUT2D eigenvalue weighted by Gasteiger charge is 2.28. The van der Waals surface area contributed by atoms with Gasteiger partial charge in [-0.1, -0.05) is 13.8 Å². The Bertz CT molecular complexity index is 430. The Kier molecular flexibility index (Phi) is 7.47. The van der Waals surface area contributed by atoms with Gasteiger partial charge in [-0.25, -0.2) is 17.6 Å². The fraction of sp³-hybridized carbons (Fsp3) is 0.538. The normalized spacial score (nSPS) is 14.1. The maximum Gasteiger partial charge on any atom is 0.166 e. The number of halogens is 5. The number of rotatable bonds is 5. The van der Waals surface area contributed by atoms with E-state index in [0.717, 1.165) is 0 Å². The minimum absolute atomic E-state index is 0. The molecule has 116 valence electrons. The van der Waals surface area contributed by atoms with Crippen LogP contribution < -0.4 is 5.73 Å². The van der Waals surface area contributed by atoms with E-state index < -0.39 is 41.0 Å². The fourth-order valence-corrected chi connectivity index (χ4v) is 1.76. The third kappa shape index (κ3) is 4.33. The number of aliphatic hydroxyl groups is 1. The molecule has 1 aromatic carbocycles. The second-order valence-electron chi connectivity index (χ2n) is 4.95. The van der Waals surface area contributed by atoms with Crippen molar-refractivity contribution in [2.45, 2.75) is 38.8 Å². The number of hydrogen-bond donors (Lipinski definition) is 2. The van der Waals surface area contributed by atoms with Crippen LogP contribution in [-0.2, 0) is 0 Å². The largest absolute Gasteiger partial charge is 0.391 e. The Morgan fingerprint density at radius 3 is 1.90 bits per heavy atom. The standard InChI is InChI=1S/C13H17F4NO.ClH/c1-6(2)3-4-9(19)13(18)10-11(16)7(14)5-8(15)12(10)17;/h5-6,9,13,19H,3-4,18H2,1-2H3;1H/t9-,13-;/m0./s1. The molecule has 2 atom stereocenters. The van der Waals surface area contributed by atoms with E-state index in [1.165, 1.54) is 0 Å². The third-order valence-corrected chi connectivity index (χ3v) is 2.93. The SMILES string of the molecule is CC(C)CC[C@H](O)[C@H](N)c1c(F)c(F)cc(F)c1F.Cl. The highest BCUT2D eigenvalue weighted by atomic mass is 35.5. The van der Waals surface area contributed by atoms with Gasteiger partial charge in [0.25, 0.3) is 0 Å². The monoisotopic (exact) mass is 315 g/mol. The summed E-state index contributed by atoms with van der Waals surface area (Å²) in [5.74, 6) is -5.91. The van der Waals surface area contributed by atoms with Gasteiger partial charge in [-0.15, -0.1) is 12.4 Å². The number of benzene rings is 1. The van der Waals surface area contributed by atoms with Gasteiger partial charge >= 0.3 is 0 Å². The van der Waals surface area contributed by atoms with Crippen LogP contribution in [0.5, 0.6) is 0 Å². The molecule has 0 aliphatic carbocycles. The molecular weight excluding hydrogens is 298 g/mol. The van der Waals surface area contributed by atoms with E-state index in [-0.39, 0.29) is 30.8 Å². The number of nitrogens with two attached hydrogens (primary N) is 1. The van der Waals surface area contributed by atoms with Crippen LogP contribution in [0, 0.1) is 29.2 Å². The molecule has 2 nitrogen and oxygen atoms in total. The van der Waals surface area contributed by atoms with Gasteiger partial charge in [0, 0.05) is 11.6 Å². The van der Waals surface area contributed by atoms with Crippen molar-refractivity contribution < 1.29 is 22.7 Å². The molecule has 0 bridgehead atoms. The average Bonchev–Trinajstić information content (AvgIpc) is 2.33. The van der Waals surface area contributed by atoms with Crippen molar-refractivity contribution in [2.75, 3.05) is 0 Å². The van der Waals surface area contributed by atoms with Crippen LogP contribution in [0.15, 0.2) is 6.07 Å². The van der Waals surface area contributed by atoms with Crippen molar-refractivity contribution in [3.8, 4) is 0 Å². The first-order valence-corrected chi connectivity index (χ1v) is 6.02. The van der Waals surface area contributed by atoms with E-state index in [1.54, 1.807) is 0 Å². The summed E-state index contributed by atoms with van der Waals surface area (Å²) in [6.45, 7) is 3.81. The van der Waals surface area contributed by atoms with Crippen LogP contribution in [0.3, 0.4) is 0 Å². The van der Waals surface area contributed by atoms with Crippen molar-refractivity contribution in [1.29, 1.82) is 0 Å². The fourth-order valence-electron chi connectivity index (χ4n) is 1.76. The number of aliphatic hydroxyl groups excluding tert-OH is 1. The van der Waals surface area contributed by atoms with Gasteiger partial charge < -0.3 is 10.8 Å². The number of hydrogen-bond acceptors (Lipinski definition) is 2. The smallest absolute Gasteiger partial charge is 0.166 e. The Labute approximate surface area is 121 Å². The van der Waals surface area contributed by atoms with Crippen molar-refractivity contribution in [3.05, 3.63) is 34.9 Å². The van der Waals surface area contributed by atoms with Crippen LogP contribution >= 0.6 is 12.4 Å². The predicted molar refractivity (Wildman–Crippen MR) is 70.5 cm³/mol. The molecule has 3 N–H and O–H groups in total. The zero-order valence-electron chi connectivity index (χ0n) is 11.2. The maximum absolute atomic E-state index is 13.5. The molecule has 20 heavy (non-hydrogen) atoms. The molecule has 7 heteroatoms. The second-order valence-corrected chi connectivity index (χ2v) is 4.95. The van der Waals surface area contributed by atoms with Crippen molar-refractivity contribution in [3.63, 3.8) is 0 Å². The highest BCUT2D eigenvalue weighted by Crippen LogP contribution is 2.27. The van der Waals surface area contributed by atoms with Gasteiger partial charge in [0.2, 0.25) is 0 Å². The summed E-state index contributed by atoms with van der Waals surface area (Å²) in [5.41, 5.74) is 4.55. The molecule has 0 heterocycles. The molecule has 1 aromatic rings. The molecular formula is C13H18ClF4NO. The Hall–Kier alpha value is -0.850. The molecule has 0 saturated heterocycles. The van der Waals surface area contributed by atoms with Crippen LogP contribution in [0.25, 0.3) is 0 Å². The Morgan fingerprint density at radius 2 is 1.50 bits per heavy atom. The van der Waals surface area contributed by atoms with Crippen LogP contribution in [-0.4, -0.2) is 11.2 Å². The molecule has 0 spiro atoms. The third-order valence-electron chi connectivity index (χ3n) is 2.93. The van der Waals surface area contributed by atoms with Crippen LogP contribution in [0.4, 0.5) is 17.6 Å². The molecule has 0 saturated carbocycles. The molecule has 0 fully saturated rings. The topological polar surface area (TPSA) is 46.2 Å². The van der Waals surface area contributed by atoms with E-state index in [4.69, 9.17) is 5.73 Å². The highest BCUT2D eigenvalue weighted by molar-refractivity contribution is 5.85. The first-order chi connectivity index (χ1) is 8.75. The lowest BCUT2D eigenvalue weighted by Crippen LogP contribution is -2.29. The molecule has 0 radical (unpaired) electrons. The van der Waals surface area contributed by atoms with E-state index in [9.17, 15) is 22.7 Å². The molecule has 1 rings (SSSR count). The molecule has 0 aliphatic rings. The Morgan fingerprint density at radius 1 is 1.05 bits per heavy atom. The zero-order chi connectivity index (χ0) is 14.7. The van der Waals surface area contributed by atoms with Gasteiger partial charge in [0.05, 0.1) is 12.1 Å². The van der Waals surface area contributed by atoms with Gasteiger partial charge in [0.15, 0.2) is 23.3 Å². The zero-order valence-corrected chi connectivity index (χ0v) is 12.0. The summed E-state index contributed by atoms with van der Waals surface area (Å²) in [4.78, 5) is 0. The van der Waals surface area contributed by atoms with E-state index in [2.05, 4.69) is 0 Å². The summed E-state index contributed by atoms with van der Waals surface area (Å²) in [5, 5.41) is 9.75. The maximum atomic E-state index is 13.5. The first-order valence-electron chi connectivity index (χ1n) is 6.02. The molecule has 0 unspecified atom stereocenters. The van der Waals surface area contributed by atoms with Crippen molar-refractivity contribution >= 4 is 12.4 Å². The van der Waals surface area contributed by atoms with E-state index in [1.807, 2.05) is 13.8 Å². The van der Waals surface area contributed by atoms with E-state index >= 15 is 0 Å². The van der Waals surface area contributed by atoms with Gasteiger partial charge in [-0.2, -0.15) is 0 Å². The molecule has 0 amide bonds. The minimum Gasteiger partial charge on any atom is -0.391 e. The lowest BCUT2D eigenvalue weighted by atomic mass is 9.95. The van der Waals surface area contributed by atoms with E-state index in [0.29, 0.717) is 6.42 Å². The molecule has 0 aliphatic heterocycles. The summed E-state index contributed by atoms with van der Waals surface area (Å²) in [6, 6.07) is -1.40. The van der Waals surface area contributed by atoms with Crippen molar-refractivity contribution in [2.24, 2.45) is 11.7 Å². The Balaban J connectivity index is 0.00000361. The van der Waals surface area contributed by atoms with Gasteiger partial charge in [0.1, 0.15) is 0 Å². The lowest BCUT2D eigenvalue weighted by Gasteiger charge is -2.21. The van der Waals surface area contributed by atoms with Gasteiger partial charge in [-0.05, 0) is 18.8 Å². The summed E-state index contributed by atoms with van der Waals surface area (Å²) < 4.78 is 53.0. The average molecular weight is 316 g/mol. The second kappa shape index (κ2) is 7.81. The minimum atomic E-state index is -1.56. The quantitative estimate of drug-likeness (QED) is 0.645. The summed E-state index contributed by atoms with van der Waals surface area (Å²) in [6.07, 6.45) is -0.501. The predicted octanol–water partition coefficient (Wildman–Crippen LogP) is 3.46. The van der Waals surface area contributed by atoms with Crippen LogP contribution in [0.2, 0.25) is 0 Å². The van der Waals surface area contributed by atoms with Gasteiger partial charge in [-0.3, -0.25) is 0 Å². The van der Waals surface area contributed by atoms with Crippen molar-refractivity contribution in [1.82, 2.24) is 0 Å². The first kappa shape index (κ1) is 19.1. The summed E-state index contributed by atoms with van der Waals surface area (Å²) in [7, 11) is 0. The lowest BCUT2D eigenvalue weighted by molar-refractivity contribution is 0.124. The van der Waals surface area contributed by atoms with Crippen LogP contribution in [0.1, 0.15) is 38.3 Å².